The lowest BCUT2D eigenvalue weighted by atomic mass is 10.1. The van der Waals surface area contributed by atoms with Gasteiger partial charge in [0.1, 0.15) is 12.4 Å². The fraction of sp³-hybridized carbons (Fsp3) is 0.286. The number of nitrogens with two attached hydrogens (primary N) is 1. The summed E-state index contributed by atoms with van der Waals surface area (Å²) in [6, 6.07) is 13.6. The first kappa shape index (κ1) is 21.6. The Bertz CT molecular complexity index is 852. The summed E-state index contributed by atoms with van der Waals surface area (Å²) < 4.78 is 11.3. The van der Waals surface area contributed by atoms with Gasteiger partial charge in [-0.25, -0.2) is 10.9 Å². The number of hydrogen-bond donors (Lipinski definition) is 1. The molecular formula is C21H27ClN4O2. The molecule has 0 aliphatic rings. The van der Waals surface area contributed by atoms with E-state index in [4.69, 9.17) is 26.9 Å². The summed E-state index contributed by atoms with van der Waals surface area (Å²) in [5.74, 6) is 7.15. The lowest BCUT2D eigenvalue weighted by molar-refractivity contribution is 0.173. The highest BCUT2D eigenvalue weighted by Gasteiger charge is 2.11. The number of halogens is 1. The van der Waals surface area contributed by atoms with Gasteiger partial charge in [0.05, 0.1) is 17.8 Å². The summed E-state index contributed by atoms with van der Waals surface area (Å²) in [7, 11) is 5.20. The number of rotatable bonds is 9. The number of nitrogens with zero attached hydrogens (tertiary/aromatic N) is 3. The van der Waals surface area contributed by atoms with Crippen LogP contribution < -0.4 is 15.6 Å². The molecule has 2 aromatic carbocycles. The van der Waals surface area contributed by atoms with Gasteiger partial charge in [-0.2, -0.15) is 5.10 Å². The van der Waals surface area contributed by atoms with Crippen molar-refractivity contribution in [3.8, 4) is 5.75 Å². The van der Waals surface area contributed by atoms with E-state index in [1.807, 2.05) is 49.4 Å². The minimum atomic E-state index is 0.374. The van der Waals surface area contributed by atoms with Crippen LogP contribution in [0.25, 0.3) is 0 Å². The van der Waals surface area contributed by atoms with E-state index < -0.39 is 0 Å². The molecule has 6 nitrogen and oxygen atoms in total. The van der Waals surface area contributed by atoms with Crippen molar-refractivity contribution >= 4 is 24.0 Å². The van der Waals surface area contributed by atoms with Crippen LogP contribution in [-0.2, 0) is 17.8 Å². The normalized spacial score (nSPS) is 11.5. The maximum absolute atomic E-state index is 6.44. The van der Waals surface area contributed by atoms with Crippen molar-refractivity contribution in [2.24, 2.45) is 10.9 Å². The van der Waals surface area contributed by atoms with Gasteiger partial charge in [-0.15, -0.1) is 0 Å². The van der Waals surface area contributed by atoms with E-state index in [9.17, 15) is 0 Å². The molecular weight excluding hydrogens is 376 g/mol. The third-order valence-electron chi connectivity index (χ3n) is 4.28. The highest BCUT2D eigenvalue weighted by molar-refractivity contribution is 6.32. The number of benzene rings is 2. The van der Waals surface area contributed by atoms with Crippen molar-refractivity contribution in [3.63, 3.8) is 0 Å². The first-order valence-corrected chi connectivity index (χ1v) is 9.16. The molecule has 0 spiro atoms. The molecule has 0 aliphatic carbocycles. The molecule has 2 aromatic rings. The van der Waals surface area contributed by atoms with Gasteiger partial charge in [0, 0.05) is 26.4 Å². The molecule has 0 saturated carbocycles. The number of anilines is 1. The smallest absolute Gasteiger partial charge is 0.208 e. The van der Waals surface area contributed by atoms with E-state index in [2.05, 4.69) is 11.8 Å². The second-order valence-electron chi connectivity index (χ2n) is 6.42. The lowest BCUT2D eigenvalue weighted by Gasteiger charge is -2.19. The first-order valence-electron chi connectivity index (χ1n) is 8.79. The van der Waals surface area contributed by atoms with Crippen molar-refractivity contribution in [2.75, 3.05) is 26.2 Å². The summed E-state index contributed by atoms with van der Waals surface area (Å²) >= 11 is 6.44. The van der Waals surface area contributed by atoms with Crippen LogP contribution in [0.5, 0.6) is 5.75 Å². The van der Waals surface area contributed by atoms with E-state index in [-0.39, 0.29) is 0 Å². The Hall–Kier alpha value is -2.70. The highest BCUT2D eigenvalue weighted by Crippen LogP contribution is 2.29. The van der Waals surface area contributed by atoms with E-state index in [0.717, 1.165) is 22.4 Å². The van der Waals surface area contributed by atoms with Crippen LogP contribution >= 0.6 is 11.6 Å². The van der Waals surface area contributed by atoms with Gasteiger partial charge in [-0.1, -0.05) is 35.9 Å². The average Bonchev–Trinajstić information content (AvgIpc) is 2.67. The third-order valence-corrected chi connectivity index (χ3v) is 4.58. The Kier molecular flexibility index (Phi) is 7.72. The van der Waals surface area contributed by atoms with Gasteiger partial charge in [-0.05, 0) is 42.7 Å². The molecule has 7 heteroatoms. The van der Waals surface area contributed by atoms with E-state index in [0.29, 0.717) is 29.7 Å². The maximum atomic E-state index is 6.44. The minimum absolute atomic E-state index is 0.374. The van der Waals surface area contributed by atoms with Gasteiger partial charge < -0.3 is 14.5 Å². The van der Waals surface area contributed by atoms with Crippen molar-refractivity contribution in [2.45, 2.75) is 20.0 Å². The largest absolute Gasteiger partial charge is 0.487 e. The lowest BCUT2D eigenvalue weighted by Crippen LogP contribution is -2.26. The number of allylic oxidation sites excluding steroid dienone is 1. The fourth-order valence-electron chi connectivity index (χ4n) is 2.93. The molecule has 28 heavy (non-hydrogen) atoms. The Balaban J connectivity index is 2.13. The van der Waals surface area contributed by atoms with Crippen LogP contribution in [0.4, 0.5) is 5.69 Å². The fourth-order valence-corrected chi connectivity index (χ4v) is 3.19. The molecule has 150 valence electrons. The number of ether oxygens (including phenoxy) is 2. The van der Waals surface area contributed by atoms with E-state index in [1.54, 1.807) is 31.2 Å². The quantitative estimate of drug-likeness (QED) is 0.295. The van der Waals surface area contributed by atoms with Gasteiger partial charge in [0.25, 0.3) is 0 Å². The standard InChI is InChI=1S/C21H27ClN4O2/c1-15(21(27-5)26(4)24-2)12-16-10-11-20(18(22)13-16)28-14-17-8-6-7-9-19(17)25(3)23/h6-11,13H,2,12,14,23H2,1,3-5H3/b21-15+. The Morgan fingerprint density at radius 3 is 2.54 bits per heavy atom. The summed E-state index contributed by atoms with van der Waals surface area (Å²) in [6.07, 6.45) is 0.670. The molecule has 0 radical (unpaired) electrons. The predicted octanol–water partition coefficient (Wildman–Crippen LogP) is 4.20. The molecule has 0 amide bonds. The molecule has 0 fully saturated rings. The van der Waals surface area contributed by atoms with Crippen LogP contribution in [0.1, 0.15) is 18.1 Å². The van der Waals surface area contributed by atoms with Crippen molar-refractivity contribution in [3.05, 3.63) is 70.1 Å². The predicted molar refractivity (Wildman–Crippen MR) is 116 cm³/mol. The number of hydrazine groups is 1. The summed E-state index contributed by atoms with van der Waals surface area (Å²) in [5, 5.41) is 7.59. The molecule has 0 unspecified atom stereocenters. The second kappa shape index (κ2) is 10.0. The van der Waals surface area contributed by atoms with Crippen molar-refractivity contribution in [1.82, 2.24) is 5.01 Å². The molecule has 2 rings (SSSR count). The van der Waals surface area contributed by atoms with Crippen LogP contribution in [-0.4, -0.2) is 32.9 Å². The van der Waals surface area contributed by atoms with Crippen LogP contribution in [0.2, 0.25) is 5.02 Å². The minimum Gasteiger partial charge on any atom is -0.487 e. The molecule has 0 saturated heterocycles. The zero-order valence-electron chi connectivity index (χ0n) is 16.8. The van der Waals surface area contributed by atoms with Crippen LogP contribution in [0.3, 0.4) is 0 Å². The van der Waals surface area contributed by atoms with Crippen LogP contribution in [0, 0.1) is 0 Å². The first-order chi connectivity index (χ1) is 13.4. The second-order valence-corrected chi connectivity index (χ2v) is 6.83. The molecule has 0 heterocycles. The summed E-state index contributed by atoms with van der Waals surface area (Å²) in [4.78, 5) is 0. The van der Waals surface area contributed by atoms with Crippen molar-refractivity contribution < 1.29 is 9.47 Å². The molecule has 0 aromatic heterocycles. The summed E-state index contributed by atoms with van der Waals surface area (Å²) in [5.41, 5.74) is 3.95. The van der Waals surface area contributed by atoms with Gasteiger partial charge in [-0.3, -0.25) is 0 Å². The topological polar surface area (TPSA) is 63.3 Å². The van der Waals surface area contributed by atoms with E-state index in [1.165, 1.54) is 0 Å². The number of hydrazone groups is 1. The molecule has 0 aliphatic heterocycles. The van der Waals surface area contributed by atoms with Crippen molar-refractivity contribution in [1.29, 1.82) is 0 Å². The number of hydrogen-bond acceptors (Lipinski definition) is 6. The Labute approximate surface area is 171 Å². The average molecular weight is 403 g/mol. The molecule has 0 atom stereocenters. The highest BCUT2D eigenvalue weighted by atomic mass is 35.5. The maximum Gasteiger partial charge on any atom is 0.208 e. The molecule has 0 bridgehead atoms. The number of para-hydroxylation sites is 1. The van der Waals surface area contributed by atoms with E-state index >= 15 is 0 Å². The van der Waals surface area contributed by atoms with Gasteiger partial charge >= 0.3 is 0 Å². The summed E-state index contributed by atoms with van der Waals surface area (Å²) in [6.45, 7) is 5.88. The zero-order valence-corrected chi connectivity index (χ0v) is 17.5. The Morgan fingerprint density at radius 1 is 1.21 bits per heavy atom. The monoisotopic (exact) mass is 402 g/mol. The Morgan fingerprint density at radius 2 is 1.93 bits per heavy atom. The molecule has 2 N–H and O–H groups in total. The van der Waals surface area contributed by atoms with Crippen LogP contribution in [0.15, 0.2) is 59.0 Å². The SMILES string of the molecule is C=NN(C)/C(OC)=C(/C)Cc1ccc(OCc2ccccc2N(C)N)c(Cl)c1. The third kappa shape index (κ3) is 5.41. The number of methoxy groups -OCH3 is 1. The zero-order chi connectivity index (χ0) is 20.7. The van der Waals surface area contributed by atoms with Gasteiger partial charge in [0.15, 0.2) is 0 Å². The van der Waals surface area contributed by atoms with Gasteiger partial charge in [0.2, 0.25) is 5.88 Å².